The normalized spacial score (nSPS) is 21.3. The number of ether oxygens (including phenoxy) is 1. The molecule has 7 nitrogen and oxygen atoms in total. The van der Waals surface area contributed by atoms with E-state index in [1.54, 1.807) is 6.07 Å². The van der Waals surface area contributed by atoms with Crippen LogP contribution in [-0.2, 0) is 10.9 Å². The van der Waals surface area contributed by atoms with E-state index in [-0.39, 0.29) is 11.6 Å². The molecular weight excluding hydrogens is 461 g/mol. The zero-order chi connectivity index (χ0) is 24.6. The zero-order valence-electron chi connectivity index (χ0n) is 19.4. The maximum Gasteiger partial charge on any atom is 0.433 e. The average Bonchev–Trinajstić information content (AvgIpc) is 3.27. The number of pyridine rings is 1. The number of benzene rings is 1. The van der Waals surface area contributed by atoms with Crippen LogP contribution in [0.1, 0.15) is 60.6 Å². The quantitative estimate of drug-likeness (QED) is 0.513. The Hall–Kier alpha value is -3.14. The third-order valence-electron chi connectivity index (χ3n) is 6.76. The van der Waals surface area contributed by atoms with Crippen molar-refractivity contribution in [1.82, 2.24) is 9.97 Å². The number of anilines is 2. The Morgan fingerprint density at radius 2 is 1.83 bits per heavy atom. The van der Waals surface area contributed by atoms with Gasteiger partial charge in [0.2, 0.25) is 0 Å². The van der Waals surface area contributed by atoms with Crippen molar-refractivity contribution in [2.24, 2.45) is 5.92 Å². The summed E-state index contributed by atoms with van der Waals surface area (Å²) >= 11 is 0. The highest BCUT2D eigenvalue weighted by Crippen LogP contribution is 2.38. The van der Waals surface area contributed by atoms with Gasteiger partial charge in [-0.1, -0.05) is 13.0 Å². The Morgan fingerprint density at radius 1 is 1.09 bits per heavy atom. The summed E-state index contributed by atoms with van der Waals surface area (Å²) in [5.41, 5.74) is 0.943. The molecule has 10 heteroatoms. The molecule has 0 atom stereocenters. The predicted octanol–water partition coefficient (Wildman–Crippen LogP) is 5.62. The van der Waals surface area contributed by atoms with E-state index in [0.717, 1.165) is 37.4 Å². The summed E-state index contributed by atoms with van der Waals surface area (Å²) < 4.78 is 50.8. The standard InChI is InChI=1S/C25H27F3N4O3/c1-15-5-7-16(8-6-15)24-31-19-13-20(32-9-11-34-12-10-32)18(14-21(19)35-24)30-23(33)17-3-2-4-22(29-17)25(26,27)28/h2-4,13-16H,5-12H2,1H3,(H,30,33). The number of carbonyl (C=O) groups is 1. The zero-order valence-corrected chi connectivity index (χ0v) is 19.4. The summed E-state index contributed by atoms with van der Waals surface area (Å²) in [4.78, 5) is 23.3. The van der Waals surface area contributed by atoms with Crippen molar-refractivity contribution in [3.63, 3.8) is 0 Å². The maximum atomic E-state index is 13.1. The van der Waals surface area contributed by atoms with Crippen molar-refractivity contribution in [2.45, 2.75) is 44.7 Å². The highest BCUT2D eigenvalue weighted by Gasteiger charge is 2.33. The molecule has 35 heavy (non-hydrogen) atoms. The van der Waals surface area contributed by atoms with Crippen LogP contribution in [0.4, 0.5) is 24.5 Å². The number of halogens is 3. The van der Waals surface area contributed by atoms with E-state index in [4.69, 9.17) is 14.1 Å². The van der Waals surface area contributed by atoms with Gasteiger partial charge < -0.3 is 19.4 Å². The number of nitrogens with zero attached hydrogens (tertiary/aromatic N) is 3. The topological polar surface area (TPSA) is 80.5 Å². The van der Waals surface area contributed by atoms with Crippen LogP contribution in [0.3, 0.4) is 0 Å². The van der Waals surface area contributed by atoms with Gasteiger partial charge in [-0.15, -0.1) is 0 Å². The van der Waals surface area contributed by atoms with Gasteiger partial charge in [-0.25, -0.2) is 9.97 Å². The van der Waals surface area contributed by atoms with E-state index < -0.39 is 17.8 Å². The van der Waals surface area contributed by atoms with Gasteiger partial charge in [0.25, 0.3) is 5.91 Å². The smallest absolute Gasteiger partial charge is 0.433 e. The number of fused-ring (bicyclic) bond motifs is 1. The van der Waals surface area contributed by atoms with Crippen LogP contribution in [0.15, 0.2) is 34.7 Å². The van der Waals surface area contributed by atoms with Crippen LogP contribution >= 0.6 is 0 Å². The number of hydrogen-bond acceptors (Lipinski definition) is 6. The number of rotatable bonds is 4. The SMILES string of the molecule is CC1CCC(c2nc3cc(N4CCOCC4)c(NC(=O)c4cccc(C(F)(F)F)n4)cc3o2)CC1. The minimum atomic E-state index is -4.64. The second-order valence-corrected chi connectivity index (χ2v) is 9.31. The molecule has 2 aliphatic rings. The molecule has 1 aromatic carbocycles. The molecule has 5 rings (SSSR count). The van der Waals surface area contributed by atoms with Gasteiger partial charge in [0, 0.05) is 25.1 Å². The Labute approximate surface area is 200 Å². The molecule has 0 bridgehead atoms. The molecule has 1 aliphatic carbocycles. The van der Waals surface area contributed by atoms with Gasteiger partial charge in [0.05, 0.1) is 24.6 Å². The Kier molecular flexibility index (Phi) is 6.39. The number of aromatic nitrogens is 2. The number of alkyl halides is 3. The molecule has 1 amide bonds. The van der Waals surface area contributed by atoms with Crippen molar-refractivity contribution in [3.05, 3.63) is 47.6 Å². The lowest BCUT2D eigenvalue weighted by atomic mass is 9.83. The highest BCUT2D eigenvalue weighted by atomic mass is 19.4. The monoisotopic (exact) mass is 488 g/mol. The summed E-state index contributed by atoms with van der Waals surface area (Å²) in [7, 11) is 0. The summed E-state index contributed by atoms with van der Waals surface area (Å²) in [6, 6.07) is 6.84. The molecule has 0 unspecified atom stereocenters. The molecule has 1 saturated heterocycles. The minimum Gasteiger partial charge on any atom is -0.440 e. The molecule has 2 aromatic heterocycles. The van der Waals surface area contributed by atoms with Crippen LogP contribution in [0, 0.1) is 5.92 Å². The number of oxazole rings is 1. The lowest BCUT2D eigenvalue weighted by molar-refractivity contribution is -0.141. The Balaban J connectivity index is 1.48. The molecule has 1 N–H and O–H groups in total. The van der Waals surface area contributed by atoms with Gasteiger partial charge in [-0.05, 0) is 49.8 Å². The Bertz CT molecular complexity index is 1210. The van der Waals surface area contributed by atoms with Crippen LogP contribution in [0.5, 0.6) is 0 Å². The van der Waals surface area contributed by atoms with Gasteiger partial charge in [0.1, 0.15) is 16.9 Å². The molecule has 2 fully saturated rings. The number of hydrogen-bond donors (Lipinski definition) is 1. The lowest BCUT2D eigenvalue weighted by Crippen LogP contribution is -2.36. The number of amides is 1. The van der Waals surface area contributed by atoms with Crippen molar-refractivity contribution >= 4 is 28.4 Å². The van der Waals surface area contributed by atoms with E-state index in [9.17, 15) is 18.0 Å². The molecule has 0 radical (unpaired) electrons. The van der Waals surface area contributed by atoms with E-state index in [1.807, 2.05) is 6.07 Å². The molecule has 3 heterocycles. The van der Waals surface area contributed by atoms with Crippen LogP contribution in [-0.4, -0.2) is 42.2 Å². The minimum absolute atomic E-state index is 0.262. The van der Waals surface area contributed by atoms with Gasteiger partial charge >= 0.3 is 6.18 Å². The van der Waals surface area contributed by atoms with Crippen molar-refractivity contribution in [1.29, 1.82) is 0 Å². The molecule has 186 valence electrons. The molecular formula is C25H27F3N4O3. The van der Waals surface area contributed by atoms with Crippen LogP contribution < -0.4 is 10.2 Å². The van der Waals surface area contributed by atoms with E-state index in [0.29, 0.717) is 54.9 Å². The third kappa shape index (κ3) is 5.12. The van der Waals surface area contributed by atoms with E-state index in [2.05, 4.69) is 22.1 Å². The van der Waals surface area contributed by atoms with Crippen molar-refractivity contribution in [3.8, 4) is 0 Å². The lowest BCUT2D eigenvalue weighted by Gasteiger charge is -2.30. The number of nitrogens with one attached hydrogen (secondary N) is 1. The van der Waals surface area contributed by atoms with E-state index >= 15 is 0 Å². The van der Waals surface area contributed by atoms with Crippen LogP contribution in [0.25, 0.3) is 11.1 Å². The first kappa shape index (κ1) is 23.6. The Morgan fingerprint density at radius 3 is 2.54 bits per heavy atom. The fraction of sp³-hybridized carbons (Fsp3) is 0.480. The number of carbonyl (C=O) groups excluding carboxylic acids is 1. The molecule has 0 spiro atoms. The van der Waals surface area contributed by atoms with Crippen LogP contribution in [0.2, 0.25) is 0 Å². The highest BCUT2D eigenvalue weighted by molar-refractivity contribution is 6.06. The van der Waals surface area contributed by atoms with Gasteiger partial charge in [-0.3, -0.25) is 4.79 Å². The second-order valence-electron chi connectivity index (χ2n) is 9.31. The fourth-order valence-corrected chi connectivity index (χ4v) is 4.73. The second kappa shape index (κ2) is 9.49. The summed E-state index contributed by atoms with van der Waals surface area (Å²) in [5.74, 6) is 0.932. The van der Waals surface area contributed by atoms with E-state index in [1.165, 1.54) is 12.1 Å². The third-order valence-corrected chi connectivity index (χ3v) is 6.76. The first-order chi connectivity index (χ1) is 16.8. The van der Waals surface area contributed by atoms with Crippen molar-refractivity contribution in [2.75, 3.05) is 36.5 Å². The largest absolute Gasteiger partial charge is 0.440 e. The predicted molar refractivity (Wildman–Crippen MR) is 125 cm³/mol. The summed E-state index contributed by atoms with van der Waals surface area (Å²) in [5, 5.41) is 2.75. The van der Waals surface area contributed by atoms with Gasteiger partial charge in [0.15, 0.2) is 11.5 Å². The fourth-order valence-electron chi connectivity index (χ4n) is 4.73. The first-order valence-electron chi connectivity index (χ1n) is 11.9. The summed E-state index contributed by atoms with van der Waals surface area (Å²) in [6.45, 7) is 4.55. The average molecular weight is 489 g/mol. The molecule has 1 saturated carbocycles. The van der Waals surface area contributed by atoms with Crippen molar-refractivity contribution < 1.29 is 27.1 Å². The molecule has 1 aliphatic heterocycles. The number of morpholine rings is 1. The molecule has 3 aromatic rings. The summed E-state index contributed by atoms with van der Waals surface area (Å²) in [6.07, 6.45) is -0.326. The van der Waals surface area contributed by atoms with Gasteiger partial charge in [-0.2, -0.15) is 13.2 Å². The first-order valence-corrected chi connectivity index (χ1v) is 11.9. The maximum absolute atomic E-state index is 13.1.